The van der Waals surface area contributed by atoms with Crippen molar-refractivity contribution in [3.05, 3.63) is 46.0 Å². The molecule has 0 radical (unpaired) electrons. The zero-order valence-corrected chi connectivity index (χ0v) is 10.8. The van der Waals surface area contributed by atoms with Crippen LogP contribution in [0.4, 0.5) is 5.82 Å². The molecule has 0 saturated heterocycles. The highest BCUT2D eigenvalue weighted by atomic mass is 32.1. The lowest BCUT2D eigenvalue weighted by Crippen LogP contribution is -2.21. The number of H-pyrrole nitrogens is 1. The molecular weight excluding hydrogens is 266 g/mol. The molecule has 0 atom stereocenters. The Bertz CT molecular complexity index is 703. The summed E-state index contributed by atoms with van der Waals surface area (Å²) in [5, 5.41) is 6.57. The van der Waals surface area contributed by atoms with Crippen LogP contribution in [-0.4, -0.2) is 25.7 Å². The smallest absolute Gasteiger partial charge is 0.273 e. The minimum absolute atomic E-state index is 0.130. The first-order chi connectivity index (χ1) is 8.99. The first kappa shape index (κ1) is 13.0. The summed E-state index contributed by atoms with van der Waals surface area (Å²) in [6.07, 6.45) is 1.46. The number of hydrogen-bond acceptors (Lipinski definition) is 4. The van der Waals surface area contributed by atoms with E-state index >= 15 is 0 Å². The van der Waals surface area contributed by atoms with E-state index in [2.05, 4.69) is 15.4 Å². The SMILES string of the molecule is Cn1ncc(C(N)=S)c1NC(=O)c1cccc(=O)[nH]1. The highest BCUT2D eigenvalue weighted by Gasteiger charge is 2.15. The van der Waals surface area contributed by atoms with E-state index in [9.17, 15) is 9.59 Å². The van der Waals surface area contributed by atoms with Gasteiger partial charge >= 0.3 is 0 Å². The van der Waals surface area contributed by atoms with Crippen molar-refractivity contribution in [2.24, 2.45) is 12.8 Å². The second-order valence-corrected chi connectivity index (χ2v) is 4.22. The van der Waals surface area contributed by atoms with Crippen molar-refractivity contribution in [3.63, 3.8) is 0 Å². The molecule has 0 aromatic carbocycles. The van der Waals surface area contributed by atoms with Crippen molar-refractivity contribution in [1.82, 2.24) is 14.8 Å². The minimum Gasteiger partial charge on any atom is -0.389 e. The Kier molecular flexibility index (Phi) is 3.43. The average molecular weight is 277 g/mol. The van der Waals surface area contributed by atoms with E-state index in [1.807, 2.05) is 0 Å². The number of anilines is 1. The number of aryl methyl sites for hydroxylation is 1. The number of pyridine rings is 1. The highest BCUT2D eigenvalue weighted by Crippen LogP contribution is 2.14. The summed E-state index contributed by atoms with van der Waals surface area (Å²) < 4.78 is 1.44. The van der Waals surface area contributed by atoms with Gasteiger partial charge in [0.2, 0.25) is 5.56 Å². The van der Waals surface area contributed by atoms with Crippen LogP contribution in [0.5, 0.6) is 0 Å². The maximum Gasteiger partial charge on any atom is 0.273 e. The third kappa shape index (κ3) is 2.68. The second kappa shape index (κ2) is 5.02. The maximum absolute atomic E-state index is 12.0. The van der Waals surface area contributed by atoms with Crippen LogP contribution in [0.1, 0.15) is 16.1 Å². The first-order valence-corrected chi connectivity index (χ1v) is 5.72. The number of rotatable bonds is 3. The van der Waals surface area contributed by atoms with Gasteiger partial charge in [-0.05, 0) is 6.07 Å². The largest absolute Gasteiger partial charge is 0.389 e. The second-order valence-electron chi connectivity index (χ2n) is 3.78. The van der Waals surface area contributed by atoms with Crippen molar-refractivity contribution in [3.8, 4) is 0 Å². The van der Waals surface area contributed by atoms with Crippen molar-refractivity contribution in [2.75, 3.05) is 5.32 Å². The number of aromatic nitrogens is 3. The monoisotopic (exact) mass is 277 g/mol. The Balaban J connectivity index is 2.31. The minimum atomic E-state index is -0.473. The Hall–Kier alpha value is -2.48. The van der Waals surface area contributed by atoms with Crippen LogP contribution in [0.2, 0.25) is 0 Å². The number of amides is 1. The molecule has 0 aliphatic heterocycles. The molecule has 2 heterocycles. The average Bonchev–Trinajstić information content (AvgIpc) is 2.71. The van der Waals surface area contributed by atoms with E-state index < -0.39 is 5.91 Å². The molecular formula is C11H11N5O2S. The van der Waals surface area contributed by atoms with Gasteiger partial charge in [-0.15, -0.1) is 0 Å². The van der Waals surface area contributed by atoms with Gasteiger partial charge < -0.3 is 16.0 Å². The van der Waals surface area contributed by atoms with Crippen molar-refractivity contribution < 1.29 is 4.79 Å². The van der Waals surface area contributed by atoms with E-state index in [1.54, 1.807) is 7.05 Å². The summed E-state index contributed by atoms with van der Waals surface area (Å²) in [6, 6.07) is 4.31. The third-order valence-electron chi connectivity index (χ3n) is 2.45. The number of carbonyl (C=O) groups is 1. The van der Waals surface area contributed by atoms with Gasteiger partial charge in [-0.25, -0.2) is 0 Å². The number of hydrogen-bond donors (Lipinski definition) is 3. The molecule has 7 nitrogen and oxygen atoms in total. The predicted octanol–water partition coefficient (Wildman–Crippen LogP) is -0.00510. The van der Waals surface area contributed by atoms with Crippen LogP contribution in [0.15, 0.2) is 29.2 Å². The molecule has 0 saturated carbocycles. The van der Waals surface area contributed by atoms with Crippen LogP contribution in [-0.2, 0) is 7.05 Å². The fourth-order valence-electron chi connectivity index (χ4n) is 1.52. The molecule has 19 heavy (non-hydrogen) atoms. The molecule has 0 aliphatic carbocycles. The fourth-order valence-corrected chi connectivity index (χ4v) is 1.67. The van der Waals surface area contributed by atoms with Crippen LogP contribution >= 0.6 is 12.2 Å². The van der Waals surface area contributed by atoms with E-state index in [0.29, 0.717) is 11.4 Å². The maximum atomic E-state index is 12.0. The number of carbonyl (C=O) groups excluding carboxylic acids is 1. The normalized spacial score (nSPS) is 10.2. The van der Waals surface area contributed by atoms with E-state index in [1.165, 1.54) is 29.1 Å². The summed E-state index contributed by atoms with van der Waals surface area (Å²) >= 11 is 4.87. The predicted molar refractivity (Wildman–Crippen MR) is 74.1 cm³/mol. The van der Waals surface area contributed by atoms with Gasteiger partial charge in [0.1, 0.15) is 16.5 Å². The van der Waals surface area contributed by atoms with Crippen LogP contribution < -0.4 is 16.6 Å². The molecule has 2 rings (SSSR count). The van der Waals surface area contributed by atoms with Crippen LogP contribution in [0, 0.1) is 0 Å². The highest BCUT2D eigenvalue weighted by molar-refractivity contribution is 7.80. The summed E-state index contributed by atoms with van der Waals surface area (Å²) in [5.41, 5.74) is 5.78. The van der Waals surface area contributed by atoms with E-state index in [0.717, 1.165) is 0 Å². The molecule has 0 fully saturated rings. The third-order valence-corrected chi connectivity index (χ3v) is 2.67. The fraction of sp³-hybridized carbons (Fsp3) is 0.0909. The number of nitrogens with one attached hydrogen (secondary N) is 2. The topological polar surface area (TPSA) is 106 Å². The summed E-state index contributed by atoms with van der Waals surface area (Å²) in [4.78, 5) is 25.7. The van der Waals surface area contributed by atoms with Gasteiger partial charge in [0.15, 0.2) is 0 Å². The number of nitrogens with zero attached hydrogens (tertiary/aromatic N) is 2. The summed E-state index contributed by atoms with van der Waals surface area (Å²) in [7, 11) is 1.64. The van der Waals surface area contributed by atoms with Gasteiger partial charge in [0.25, 0.3) is 5.91 Å². The number of aromatic amines is 1. The molecule has 0 unspecified atom stereocenters. The van der Waals surface area contributed by atoms with Crippen LogP contribution in [0.3, 0.4) is 0 Å². The Morgan fingerprint density at radius 1 is 1.53 bits per heavy atom. The molecule has 4 N–H and O–H groups in total. The van der Waals surface area contributed by atoms with Crippen molar-refractivity contribution >= 4 is 28.9 Å². The molecule has 98 valence electrons. The lowest BCUT2D eigenvalue weighted by molar-refractivity contribution is 0.102. The zero-order chi connectivity index (χ0) is 14.0. The lowest BCUT2D eigenvalue weighted by atomic mass is 10.3. The quantitative estimate of drug-likeness (QED) is 0.684. The van der Waals surface area contributed by atoms with Gasteiger partial charge in [-0.1, -0.05) is 18.3 Å². The van der Waals surface area contributed by atoms with Crippen LogP contribution in [0.25, 0.3) is 0 Å². The van der Waals surface area contributed by atoms with Gasteiger partial charge in [0, 0.05) is 13.1 Å². The molecule has 0 bridgehead atoms. The summed E-state index contributed by atoms with van der Waals surface area (Å²) in [6.45, 7) is 0. The first-order valence-electron chi connectivity index (χ1n) is 5.31. The molecule has 2 aromatic heterocycles. The molecule has 0 spiro atoms. The van der Waals surface area contributed by atoms with Crippen molar-refractivity contribution in [2.45, 2.75) is 0 Å². The Morgan fingerprint density at radius 2 is 2.26 bits per heavy atom. The van der Waals surface area contributed by atoms with Gasteiger partial charge in [-0.2, -0.15) is 5.10 Å². The molecule has 1 amide bonds. The lowest BCUT2D eigenvalue weighted by Gasteiger charge is -2.07. The number of nitrogens with two attached hydrogens (primary N) is 1. The molecule has 0 aliphatic rings. The van der Waals surface area contributed by atoms with Gasteiger partial charge in [0.05, 0.1) is 11.8 Å². The zero-order valence-electron chi connectivity index (χ0n) is 10.0. The van der Waals surface area contributed by atoms with Gasteiger partial charge in [-0.3, -0.25) is 14.3 Å². The molecule has 2 aromatic rings. The van der Waals surface area contributed by atoms with E-state index in [4.69, 9.17) is 18.0 Å². The summed E-state index contributed by atoms with van der Waals surface area (Å²) in [5.74, 6) is -0.0963. The van der Waals surface area contributed by atoms with E-state index in [-0.39, 0.29) is 16.2 Å². The molecule has 8 heteroatoms. The Labute approximate surface area is 113 Å². The Morgan fingerprint density at radius 3 is 2.89 bits per heavy atom. The van der Waals surface area contributed by atoms with Crippen molar-refractivity contribution in [1.29, 1.82) is 0 Å². The standard InChI is InChI=1S/C11H11N5O2S/c1-16-10(6(5-13-16)9(12)19)15-11(18)7-3-2-4-8(17)14-7/h2-5H,1H3,(H2,12,19)(H,14,17)(H,15,18). The number of thiocarbonyl (C=S) groups is 1.